The molecule has 0 fully saturated rings. The first-order valence-electron chi connectivity index (χ1n) is 3.19. The van der Waals surface area contributed by atoms with Crippen LogP contribution in [0.4, 0.5) is 0 Å². The Morgan fingerprint density at radius 3 is 2.18 bits per heavy atom. The van der Waals surface area contributed by atoms with E-state index in [2.05, 4.69) is 11.1 Å². The Kier molecular flexibility index (Phi) is 3.00. The zero-order valence-corrected chi connectivity index (χ0v) is 6.68. The fourth-order valence-corrected chi connectivity index (χ4v) is 0.395. The van der Waals surface area contributed by atoms with Crippen LogP contribution in [-0.4, -0.2) is 23.9 Å². The third kappa shape index (κ3) is 5.35. The maximum Gasteiger partial charge on any atom is 0.309 e. The third-order valence-electron chi connectivity index (χ3n) is 0.928. The molecule has 5 heteroatoms. The first-order chi connectivity index (χ1) is 4.83. The summed E-state index contributed by atoms with van der Waals surface area (Å²) in [6, 6.07) is 0. The topological polar surface area (TPSA) is 98.2 Å². The van der Waals surface area contributed by atoms with E-state index in [1.165, 1.54) is 0 Å². The van der Waals surface area contributed by atoms with Gasteiger partial charge < -0.3 is 16.8 Å². The quantitative estimate of drug-likeness (QED) is 0.420. The number of nitrogens with two attached hydrogens (primary N) is 2. The highest BCUT2D eigenvalue weighted by atomic mass is 16.2. The molecule has 0 heterocycles. The third-order valence-corrected chi connectivity index (χ3v) is 0.928. The molecule has 0 saturated carbocycles. The van der Waals surface area contributed by atoms with Crippen molar-refractivity contribution in [3.05, 3.63) is 0 Å². The van der Waals surface area contributed by atoms with E-state index in [1.807, 2.05) is 0 Å². The fraction of sp³-hybridized carbons (Fsp3) is 0.667. The number of nitrogens with one attached hydrogen (secondary N) is 1. The molecule has 0 aromatic rings. The number of amides is 2. The summed E-state index contributed by atoms with van der Waals surface area (Å²) < 4.78 is 0. The van der Waals surface area contributed by atoms with Crippen LogP contribution in [0.25, 0.3) is 0 Å². The van der Waals surface area contributed by atoms with Crippen LogP contribution in [0.15, 0.2) is 0 Å². The van der Waals surface area contributed by atoms with Crippen LogP contribution < -0.4 is 16.8 Å². The number of carbonyl (C=O) groups excluding carboxylic acids is 2. The second-order valence-electron chi connectivity index (χ2n) is 3.04. The molecule has 5 N–H and O–H groups in total. The smallest absolute Gasteiger partial charge is 0.309 e. The average molecular weight is 159 g/mol. The van der Waals surface area contributed by atoms with Crippen LogP contribution in [0.3, 0.4) is 0 Å². The molecule has 0 aromatic carbocycles. The standard InChI is InChI=1S/C6H13N3O2/c1-6(2,8)3-9-5(11)4(7)10/h3,8H2,1-2H3,(H2,7,10)(H,9,11). The molecule has 0 aliphatic heterocycles. The van der Waals surface area contributed by atoms with Crippen LogP contribution in [-0.2, 0) is 9.59 Å². The first kappa shape index (κ1) is 9.90. The van der Waals surface area contributed by atoms with Crippen molar-refractivity contribution in [2.24, 2.45) is 11.5 Å². The second kappa shape index (κ2) is 3.34. The number of carbonyl (C=O) groups is 2. The van der Waals surface area contributed by atoms with E-state index in [0.29, 0.717) is 0 Å². The predicted molar refractivity (Wildman–Crippen MR) is 40.5 cm³/mol. The highest BCUT2D eigenvalue weighted by Gasteiger charge is 2.14. The molecule has 0 aliphatic carbocycles. The number of primary amides is 1. The Hall–Kier alpha value is -1.10. The summed E-state index contributed by atoms with van der Waals surface area (Å²) in [5, 5.41) is 2.28. The Bertz CT molecular complexity index is 171. The molecule has 2 amide bonds. The molecule has 0 radical (unpaired) electrons. The molecule has 5 nitrogen and oxygen atoms in total. The summed E-state index contributed by atoms with van der Waals surface area (Å²) in [6.45, 7) is 3.69. The van der Waals surface area contributed by atoms with Gasteiger partial charge in [0.1, 0.15) is 0 Å². The SMILES string of the molecule is CC(C)(N)CNC(=O)C(N)=O. The molecule has 0 rings (SSSR count). The normalized spacial score (nSPS) is 10.8. The molecule has 0 aliphatic rings. The Labute approximate surface area is 65.1 Å². The van der Waals surface area contributed by atoms with Crippen LogP contribution in [0.2, 0.25) is 0 Å². The van der Waals surface area contributed by atoms with E-state index in [4.69, 9.17) is 5.73 Å². The summed E-state index contributed by atoms with van der Waals surface area (Å²) in [6.07, 6.45) is 0. The van der Waals surface area contributed by atoms with Gasteiger partial charge in [-0.3, -0.25) is 9.59 Å². The van der Waals surface area contributed by atoms with Crippen molar-refractivity contribution in [3.63, 3.8) is 0 Å². The summed E-state index contributed by atoms with van der Waals surface area (Å²) in [5.74, 6) is -1.79. The summed E-state index contributed by atoms with van der Waals surface area (Å²) in [4.78, 5) is 20.7. The van der Waals surface area contributed by atoms with E-state index in [9.17, 15) is 9.59 Å². The van der Waals surface area contributed by atoms with Crippen LogP contribution in [0.1, 0.15) is 13.8 Å². The van der Waals surface area contributed by atoms with E-state index in [0.717, 1.165) is 0 Å². The average Bonchev–Trinajstić information content (AvgIpc) is 1.80. The maximum atomic E-state index is 10.5. The lowest BCUT2D eigenvalue weighted by molar-refractivity contribution is -0.137. The van der Waals surface area contributed by atoms with Crippen LogP contribution in [0, 0.1) is 0 Å². The second-order valence-corrected chi connectivity index (χ2v) is 3.04. The van der Waals surface area contributed by atoms with Crippen molar-refractivity contribution >= 4 is 11.8 Å². The van der Waals surface area contributed by atoms with Crippen molar-refractivity contribution in [1.82, 2.24) is 5.32 Å². The van der Waals surface area contributed by atoms with Crippen LogP contribution in [0.5, 0.6) is 0 Å². The molecule has 0 bridgehead atoms. The number of hydrogen-bond acceptors (Lipinski definition) is 3. The lowest BCUT2D eigenvalue weighted by Crippen LogP contribution is -2.48. The largest absolute Gasteiger partial charge is 0.361 e. The molecule has 0 spiro atoms. The zero-order valence-electron chi connectivity index (χ0n) is 6.68. The van der Waals surface area contributed by atoms with Gasteiger partial charge in [-0.1, -0.05) is 0 Å². The van der Waals surface area contributed by atoms with Crippen molar-refractivity contribution in [1.29, 1.82) is 0 Å². The minimum absolute atomic E-state index is 0.231. The van der Waals surface area contributed by atoms with Gasteiger partial charge in [0, 0.05) is 12.1 Å². The van der Waals surface area contributed by atoms with Gasteiger partial charge in [0.25, 0.3) is 0 Å². The highest BCUT2D eigenvalue weighted by molar-refractivity contribution is 6.34. The summed E-state index contributed by atoms with van der Waals surface area (Å²) in [7, 11) is 0. The monoisotopic (exact) mass is 159 g/mol. The van der Waals surface area contributed by atoms with Gasteiger partial charge in [-0.25, -0.2) is 0 Å². The van der Waals surface area contributed by atoms with Gasteiger partial charge in [-0.2, -0.15) is 0 Å². The van der Waals surface area contributed by atoms with Crippen LogP contribution >= 0.6 is 0 Å². The Balaban J connectivity index is 3.73. The molecule has 64 valence electrons. The summed E-state index contributed by atoms with van der Waals surface area (Å²) in [5.41, 5.74) is 9.67. The van der Waals surface area contributed by atoms with Crippen molar-refractivity contribution in [3.8, 4) is 0 Å². The van der Waals surface area contributed by atoms with Gasteiger partial charge in [0.05, 0.1) is 0 Å². The van der Waals surface area contributed by atoms with Gasteiger partial charge >= 0.3 is 11.8 Å². The summed E-state index contributed by atoms with van der Waals surface area (Å²) >= 11 is 0. The highest BCUT2D eigenvalue weighted by Crippen LogP contribution is 1.91. The zero-order chi connectivity index (χ0) is 9.07. The first-order valence-corrected chi connectivity index (χ1v) is 3.19. The van der Waals surface area contributed by atoms with Gasteiger partial charge in [0.2, 0.25) is 0 Å². The number of hydrogen-bond donors (Lipinski definition) is 3. The molecule has 0 aromatic heterocycles. The predicted octanol–water partition coefficient (Wildman–Crippen LogP) is -1.67. The van der Waals surface area contributed by atoms with Crippen molar-refractivity contribution in [2.75, 3.05) is 6.54 Å². The van der Waals surface area contributed by atoms with E-state index in [-0.39, 0.29) is 6.54 Å². The lowest BCUT2D eigenvalue weighted by atomic mass is 10.1. The Morgan fingerprint density at radius 2 is 1.91 bits per heavy atom. The molecule has 0 unspecified atom stereocenters. The van der Waals surface area contributed by atoms with Crippen molar-refractivity contribution < 1.29 is 9.59 Å². The molecule has 0 atom stereocenters. The maximum absolute atomic E-state index is 10.5. The van der Waals surface area contributed by atoms with Crippen molar-refractivity contribution in [2.45, 2.75) is 19.4 Å². The van der Waals surface area contributed by atoms with E-state index >= 15 is 0 Å². The Morgan fingerprint density at radius 1 is 1.45 bits per heavy atom. The fourth-order valence-electron chi connectivity index (χ4n) is 0.395. The number of rotatable bonds is 2. The van der Waals surface area contributed by atoms with E-state index in [1.54, 1.807) is 13.8 Å². The van der Waals surface area contributed by atoms with E-state index < -0.39 is 17.4 Å². The molecular weight excluding hydrogens is 146 g/mol. The molecule has 0 saturated heterocycles. The molecule has 11 heavy (non-hydrogen) atoms. The van der Waals surface area contributed by atoms with Gasteiger partial charge in [0.15, 0.2) is 0 Å². The lowest BCUT2D eigenvalue weighted by Gasteiger charge is -2.17. The molecular formula is C6H13N3O2. The van der Waals surface area contributed by atoms with Gasteiger partial charge in [-0.05, 0) is 13.8 Å². The minimum Gasteiger partial charge on any atom is -0.361 e. The van der Waals surface area contributed by atoms with Gasteiger partial charge in [-0.15, -0.1) is 0 Å². The minimum atomic E-state index is -0.991.